The van der Waals surface area contributed by atoms with E-state index in [4.69, 9.17) is 13.5 Å². The van der Waals surface area contributed by atoms with Crippen molar-refractivity contribution >= 4 is 11.7 Å². The SMILES string of the molecule is Cc1cc(NC(=O)CN2CC(c3nc(-c4ccco4)no3)C2)no1. The van der Waals surface area contributed by atoms with Gasteiger partial charge >= 0.3 is 0 Å². The van der Waals surface area contributed by atoms with Crippen molar-refractivity contribution in [1.82, 2.24) is 20.2 Å². The molecule has 1 amide bonds. The van der Waals surface area contributed by atoms with E-state index in [0.717, 1.165) is 0 Å². The second kappa shape index (κ2) is 5.93. The van der Waals surface area contributed by atoms with Crippen LogP contribution < -0.4 is 5.32 Å². The van der Waals surface area contributed by atoms with E-state index >= 15 is 0 Å². The smallest absolute Gasteiger partial charge is 0.239 e. The maximum absolute atomic E-state index is 11.9. The molecule has 0 unspecified atom stereocenters. The summed E-state index contributed by atoms with van der Waals surface area (Å²) in [6.07, 6.45) is 1.56. The number of aryl methyl sites for hydroxylation is 1. The highest BCUT2D eigenvalue weighted by Gasteiger charge is 2.33. The second-order valence-corrected chi connectivity index (χ2v) is 5.70. The van der Waals surface area contributed by atoms with Gasteiger partial charge in [-0.3, -0.25) is 9.69 Å². The lowest BCUT2D eigenvalue weighted by Gasteiger charge is -2.36. The minimum atomic E-state index is -0.136. The van der Waals surface area contributed by atoms with Crippen LogP contribution in [0.15, 0.2) is 37.9 Å². The van der Waals surface area contributed by atoms with Crippen LogP contribution in [0.2, 0.25) is 0 Å². The zero-order chi connectivity index (χ0) is 16.5. The van der Waals surface area contributed by atoms with Crippen LogP contribution >= 0.6 is 0 Å². The van der Waals surface area contributed by atoms with E-state index in [9.17, 15) is 4.79 Å². The van der Waals surface area contributed by atoms with Crippen molar-refractivity contribution in [3.63, 3.8) is 0 Å². The molecular formula is C15H15N5O4. The normalized spacial score (nSPS) is 15.4. The van der Waals surface area contributed by atoms with Crippen LogP contribution in [0.25, 0.3) is 11.6 Å². The van der Waals surface area contributed by atoms with Crippen LogP contribution in [-0.2, 0) is 4.79 Å². The predicted octanol–water partition coefficient (Wildman–Crippen LogP) is 1.66. The van der Waals surface area contributed by atoms with Crippen LogP contribution in [0.3, 0.4) is 0 Å². The van der Waals surface area contributed by atoms with Crippen molar-refractivity contribution in [3.05, 3.63) is 36.1 Å². The Bertz CT molecular complexity index is 832. The third-order valence-electron chi connectivity index (χ3n) is 3.75. The van der Waals surface area contributed by atoms with Crippen molar-refractivity contribution in [2.45, 2.75) is 12.8 Å². The molecule has 4 heterocycles. The quantitative estimate of drug-likeness (QED) is 0.752. The van der Waals surface area contributed by atoms with Gasteiger partial charge in [0, 0.05) is 19.2 Å². The molecule has 24 heavy (non-hydrogen) atoms. The van der Waals surface area contributed by atoms with Crippen LogP contribution in [-0.4, -0.2) is 45.7 Å². The fourth-order valence-corrected chi connectivity index (χ4v) is 2.57. The molecule has 1 aliphatic rings. The molecule has 0 spiro atoms. The lowest BCUT2D eigenvalue weighted by atomic mass is 10.0. The van der Waals surface area contributed by atoms with E-state index in [2.05, 4.69) is 20.6 Å². The summed E-state index contributed by atoms with van der Waals surface area (Å²) >= 11 is 0. The highest BCUT2D eigenvalue weighted by atomic mass is 16.5. The molecule has 3 aromatic heterocycles. The van der Waals surface area contributed by atoms with Gasteiger partial charge in [0.2, 0.25) is 17.6 Å². The lowest BCUT2D eigenvalue weighted by molar-refractivity contribution is -0.118. The Morgan fingerprint density at radius 1 is 1.38 bits per heavy atom. The topological polar surface area (TPSA) is 110 Å². The molecule has 9 heteroatoms. The number of nitrogens with one attached hydrogen (secondary N) is 1. The van der Waals surface area contributed by atoms with E-state index in [1.165, 1.54) is 0 Å². The number of hydrogen-bond acceptors (Lipinski definition) is 8. The molecule has 1 saturated heterocycles. The monoisotopic (exact) mass is 329 g/mol. The van der Waals surface area contributed by atoms with E-state index in [-0.39, 0.29) is 18.4 Å². The number of hydrogen-bond donors (Lipinski definition) is 1. The first-order chi connectivity index (χ1) is 11.7. The van der Waals surface area contributed by atoms with Gasteiger partial charge in [0.1, 0.15) is 5.76 Å². The highest BCUT2D eigenvalue weighted by molar-refractivity contribution is 5.91. The predicted molar refractivity (Wildman–Crippen MR) is 81.1 cm³/mol. The fraction of sp³-hybridized carbons (Fsp3) is 0.333. The Morgan fingerprint density at radius 2 is 2.25 bits per heavy atom. The summed E-state index contributed by atoms with van der Waals surface area (Å²) in [7, 11) is 0. The fourth-order valence-electron chi connectivity index (χ4n) is 2.57. The van der Waals surface area contributed by atoms with Gasteiger partial charge in [-0.1, -0.05) is 10.3 Å². The summed E-state index contributed by atoms with van der Waals surface area (Å²) in [5.74, 6) is 2.64. The molecule has 3 aromatic rings. The van der Waals surface area contributed by atoms with Crippen LogP contribution in [0.5, 0.6) is 0 Å². The number of amides is 1. The van der Waals surface area contributed by atoms with Crippen molar-refractivity contribution in [2.24, 2.45) is 0 Å². The van der Waals surface area contributed by atoms with Crippen molar-refractivity contribution in [3.8, 4) is 11.6 Å². The molecule has 0 atom stereocenters. The molecule has 1 aliphatic heterocycles. The number of nitrogens with zero attached hydrogens (tertiary/aromatic N) is 4. The Hall–Kier alpha value is -2.94. The first-order valence-corrected chi connectivity index (χ1v) is 7.50. The maximum Gasteiger partial charge on any atom is 0.239 e. The summed E-state index contributed by atoms with van der Waals surface area (Å²) < 4.78 is 15.4. The van der Waals surface area contributed by atoms with E-state index in [1.54, 1.807) is 31.4 Å². The van der Waals surface area contributed by atoms with Crippen LogP contribution in [0.1, 0.15) is 17.6 Å². The Morgan fingerprint density at radius 3 is 2.96 bits per heavy atom. The third kappa shape index (κ3) is 2.93. The molecular weight excluding hydrogens is 314 g/mol. The van der Waals surface area contributed by atoms with E-state index in [1.807, 2.05) is 4.90 Å². The van der Waals surface area contributed by atoms with Gasteiger partial charge in [0.05, 0.1) is 18.7 Å². The zero-order valence-corrected chi connectivity index (χ0v) is 12.9. The Balaban J connectivity index is 1.28. The van der Waals surface area contributed by atoms with Crippen molar-refractivity contribution in [1.29, 1.82) is 0 Å². The van der Waals surface area contributed by atoms with E-state index < -0.39 is 0 Å². The highest BCUT2D eigenvalue weighted by Crippen LogP contribution is 2.27. The average Bonchev–Trinajstić information content (AvgIpc) is 3.23. The van der Waals surface area contributed by atoms with Gasteiger partial charge in [-0.25, -0.2) is 0 Å². The van der Waals surface area contributed by atoms with Gasteiger partial charge < -0.3 is 18.8 Å². The number of rotatable bonds is 5. The molecule has 1 N–H and O–H groups in total. The number of carbonyl (C=O) groups is 1. The van der Waals surface area contributed by atoms with Gasteiger partial charge in [-0.2, -0.15) is 4.98 Å². The molecule has 0 aromatic carbocycles. The molecule has 0 bridgehead atoms. The van der Waals surface area contributed by atoms with E-state index in [0.29, 0.717) is 42.1 Å². The third-order valence-corrected chi connectivity index (χ3v) is 3.75. The summed E-state index contributed by atoms with van der Waals surface area (Å²) in [5.41, 5.74) is 0. The lowest BCUT2D eigenvalue weighted by Crippen LogP contribution is -2.48. The molecule has 0 radical (unpaired) electrons. The van der Waals surface area contributed by atoms with Gasteiger partial charge in [0.25, 0.3) is 0 Å². The summed E-state index contributed by atoms with van der Waals surface area (Å²) in [6.45, 7) is 3.42. The molecule has 9 nitrogen and oxygen atoms in total. The summed E-state index contributed by atoms with van der Waals surface area (Å²) in [5, 5.41) is 10.3. The largest absolute Gasteiger partial charge is 0.461 e. The van der Waals surface area contributed by atoms with Crippen molar-refractivity contribution < 1.29 is 18.3 Å². The van der Waals surface area contributed by atoms with Gasteiger partial charge in [-0.15, -0.1) is 0 Å². The first kappa shape index (κ1) is 14.6. The van der Waals surface area contributed by atoms with Crippen LogP contribution in [0, 0.1) is 6.92 Å². The summed E-state index contributed by atoms with van der Waals surface area (Å²) in [6, 6.07) is 5.22. The summed E-state index contributed by atoms with van der Waals surface area (Å²) in [4.78, 5) is 18.3. The van der Waals surface area contributed by atoms with Crippen LogP contribution in [0.4, 0.5) is 5.82 Å². The second-order valence-electron chi connectivity index (χ2n) is 5.70. The minimum absolute atomic E-state index is 0.128. The number of aromatic nitrogens is 3. The Kier molecular flexibility index (Phi) is 3.62. The number of anilines is 1. The number of carbonyl (C=O) groups excluding carboxylic acids is 1. The average molecular weight is 329 g/mol. The molecule has 124 valence electrons. The first-order valence-electron chi connectivity index (χ1n) is 7.50. The van der Waals surface area contributed by atoms with Gasteiger partial charge in [-0.05, 0) is 19.1 Å². The maximum atomic E-state index is 11.9. The van der Waals surface area contributed by atoms with Gasteiger partial charge in [0.15, 0.2) is 11.6 Å². The zero-order valence-electron chi connectivity index (χ0n) is 12.9. The molecule has 0 saturated carbocycles. The molecule has 1 fully saturated rings. The minimum Gasteiger partial charge on any atom is -0.461 e. The Labute approximate surface area is 136 Å². The number of likely N-dealkylation sites (tertiary alicyclic amines) is 1. The van der Waals surface area contributed by atoms with Crippen molar-refractivity contribution in [2.75, 3.05) is 25.0 Å². The molecule has 4 rings (SSSR count). The molecule has 0 aliphatic carbocycles. The standard InChI is InChI=1S/C15H15N5O4/c1-9-5-12(18-23-9)16-13(21)8-20-6-10(7-20)15-17-14(19-24-15)11-3-2-4-22-11/h2-5,10H,6-8H2,1H3,(H,16,18,21). The number of furan rings is 1.